The van der Waals surface area contributed by atoms with Crippen molar-refractivity contribution in [2.24, 2.45) is 0 Å². The maximum Gasteiger partial charge on any atom is 0.557 e. The number of nitro groups is 1. The standard InChI is InChI=1S/C23H19ClF3NO5PS/c1-3-15-11-19(28(29)30)22(34(31)33-14(2)35-17-7-5-4-6-8-17)13-21(15)32-20-10-9-16(12-18(20)24)23(25,26)27/h4-14H,3H2,1-2H3/q+1. The van der Waals surface area contributed by atoms with E-state index in [4.69, 9.17) is 20.9 Å². The van der Waals surface area contributed by atoms with Gasteiger partial charge >= 0.3 is 25.2 Å². The molecule has 0 saturated carbocycles. The number of nitro benzene ring substituents is 1. The number of nitrogens with zero attached hydrogens (tertiary/aromatic N) is 1. The first-order chi connectivity index (χ1) is 16.5. The van der Waals surface area contributed by atoms with Crippen LogP contribution in [0.3, 0.4) is 0 Å². The van der Waals surface area contributed by atoms with E-state index in [-0.39, 0.29) is 21.8 Å². The first kappa shape index (κ1) is 26.9. The molecule has 6 nitrogen and oxygen atoms in total. The first-order valence-electron chi connectivity index (χ1n) is 10.2. The molecule has 0 aliphatic carbocycles. The van der Waals surface area contributed by atoms with Crippen molar-refractivity contribution in [2.75, 3.05) is 0 Å². The molecule has 0 aliphatic rings. The molecule has 2 unspecified atom stereocenters. The van der Waals surface area contributed by atoms with E-state index < -0.39 is 35.8 Å². The molecule has 0 bridgehead atoms. The van der Waals surface area contributed by atoms with Crippen LogP contribution >= 0.6 is 31.4 Å². The second kappa shape index (κ2) is 11.4. The van der Waals surface area contributed by atoms with Crippen LogP contribution in [-0.2, 0) is 21.7 Å². The fraction of sp³-hybridized carbons (Fsp3) is 0.217. The van der Waals surface area contributed by atoms with Gasteiger partial charge in [-0.15, -0.1) is 4.52 Å². The smallest absolute Gasteiger partial charge is 0.455 e. The van der Waals surface area contributed by atoms with Gasteiger partial charge in [0.15, 0.2) is 5.44 Å². The predicted molar refractivity (Wildman–Crippen MR) is 129 cm³/mol. The van der Waals surface area contributed by atoms with Crippen LogP contribution in [0.25, 0.3) is 0 Å². The molecule has 184 valence electrons. The highest BCUT2D eigenvalue weighted by Crippen LogP contribution is 2.40. The fourth-order valence-corrected chi connectivity index (χ4v) is 5.31. The van der Waals surface area contributed by atoms with Crippen molar-refractivity contribution >= 4 is 42.4 Å². The van der Waals surface area contributed by atoms with Crippen LogP contribution in [0.1, 0.15) is 25.0 Å². The zero-order valence-electron chi connectivity index (χ0n) is 18.4. The zero-order chi connectivity index (χ0) is 25.8. The van der Waals surface area contributed by atoms with Crippen molar-refractivity contribution in [2.45, 2.75) is 36.8 Å². The molecule has 0 heterocycles. The minimum atomic E-state index is -4.58. The number of halogens is 4. The van der Waals surface area contributed by atoms with Crippen LogP contribution in [-0.4, -0.2) is 10.4 Å². The van der Waals surface area contributed by atoms with Crippen LogP contribution in [0.5, 0.6) is 11.5 Å². The minimum Gasteiger partial charge on any atom is -0.455 e. The molecule has 0 saturated heterocycles. The zero-order valence-corrected chi connectivity index (χ0v) is 20.9. The maximum atomic E-state index is 13.0. The number of benzene rings is 3. The Morgan fingerprint density at radius 2 is 1.80 bits per heavy atom. The molecular formula is C23H19ClF3NO5PS+. The van der Waals surface area contributed by atoms with Crippen LogP contribution in [0.2, 0.25) is 5.02 Å². The molecule has 12 heteroatoms. The monoisotopic (exact) mass is 544 g/mol. The number of hydrogen-bond acceptors (Lipinski definition) is 6. The fourth-order valence-electron chi connectivity index (χ4n) is 3.05. The molecule has 0 fully saturated rings. The number of hydrogen-bond donors (Lipinski definition) is 0. The summed E-state index contributed by atoms with van der Waals surface area (Å²) in [4.78, 5) is 11.9. The summed E-state index contributed by atoms with van der Waals surface area (Å²) in [6.07, 6.45) is -4.28. The molecule has 3 aromatic carbocycles. The molecular weight excluding hydrogens is 526 g/mol. The Morgan fingerprint density at radius 3 is 2.37 bits per heavy atom. The molecule has 3 rings (SSSR count). The lowest BCUT2D eigenvalue weighted by Gasteiger charge is -2.13. The van der Waals surface area contributed by atoms with Crippen molar-refractivity contribution in [1.82, 2.24) is 0 Å². The van der Waals surface area contributed by atoms with Gasteiger partial charge in [0.2, 0.25) is 0 Å². The highest BCUT2D eigenvalue weighted by atomic mass is 35.5. The Labute approximate surface area is 209 Å². The van der Waals surface area contributed by atoms with Gasteiger partial charge in [-0.05, 0) is 48.2 Å². The number of aryl methyl sites for hydroxylation is 1. The van der Waals surface area contributed by atoms with Gasteiger partial charge in [0, 0.05) is 22.6 Å². The number of rotatable bonds is 9. The number of alkyl halides is 3. The van der Waals surface area contributed by atoms with E-state index in [9.17, 15) is 27.9 Å². The van der Waals surface area contributed by atoms with Gasteiger partial charge in [0.1, 0.15) is 11.5 Å². The van der Waals surface area contributed by atoms with Gasteiger partial charge in [0.05, 0.1) is 15.5 Å². The molecule has 0 aromatic heterocycles. The normalized spacial score (nSPS) is 12.8. The number of thioether (sulfide) groups is 1. The van der Waals surface area contributed by atoms with Gasteiger partial charge < -0.3 is 4.74 Å². The summed E-state index contributed by atoms with van der Waals surface area (Å²) in [6, 6.07) is 14.2. The van der Waals surface area contributed by atoms with Crippen molar-refractivity contribution in [3.8, 4) is 11.5 Å². The maximum absolute atomic E-state index is 13.0. The van der Waals surface area contributed by atoms with E-state index >= 15 is 0 Å². The van der Waals surface area contributed by atoms with Crippen molar-refractivity contribution < 1.29 is 31.9 Å². The summed E-state index contributed by atoms with van der Waals surface area (Å²) < 4.78 is 63.1. The van der Waals surface area contributed by atoms with Gasteiger partial charge in [-0.25, -0.2) is 0 Å². The van der Waals surface area contributed by atoms with E-state index in [1.165, 1.54) is 23.9 Å². The van der Waals surface area contributed by atoms with E-state index in [1.807, 2.05) is 30.3 Å². The van der Waals surface area contributed by atoms with E-state index in [1.54, 1.807) is 13.8 Å². The average Bonchev–Trinajstić information content (AvgIpc) is 2.79. The van der Waals surface area contributed by atoms with Gasteiger partial charge in [-0.1, -0.05) is 48.5 Å². The van der Waals surface area contributed by atoms with Gasteiger partial charge in [-0.2, -0.15) is 13.2 Å². The highest BCUT2D eigenvalue weighted by molar-refractivity contribution is 7.99. The Bertz CT molecular complexity index is 1240. The topological polar surface area (TPSA) is 78.7 Å². The van der Waals surface area contributed by atoms with Gasteiger partial charge in [-0.3, -0.25) is 10.1 Å². The average molecular weight is 545 g/mol. The first-order valence-corrected chi connectivity index (χ1v) is 12.6. The summed E-state index contributed by atoms with van der Waals surface area (Å²) >= 11 is 7.28. The summed E-state index contributed by atoms with van der Waals surface area (Å²) in [6.45, 7) is 3.38. The third-order valence-electron chi connectivity index (χ3n) is 4.70. The summed E-state index contributed by atoms with van der Waals surface area (Å²) in [7, 11) is -2.68. The van der Waals surface area contributed by atoms with Crippen molar-refractivity contribution in [3.05, 3.63) is 86.9 Å². The molecule has 3 aromatic rings. The van der Waals surface area contributed by atoms with Crippen molar-refractivity contribution in [3.63, 3.8) is 0 Å². The quantitative estimate of drug-likeness (QED) is 0.0889. The lowest BCUT2D eigenvalue weighted by Crippen LogP contribution is -2.11. The summed E-state index contributed by atoms with van der Waals surface area (Å²) in [5.74, 6) is -0.0107. The van der Waals surface area contributed by atoms with E-state index in [2.05, 4.69) is 0 Å². The molecule has 2 atom stereocenters. The lowest BCUT2D eigenvalue weighted by atomic mass is 10.1. The highest BCUT2D eigenvalue weighted by Gasteiger charge is 2.37. The van der Waals surface area contributed by atoms with E-state index in [0.29, 0.717) is 12.0 Å². The minimum absolute atomic E-state index is 0.0741. The van der Waals surface area contributed by atoms with Gasteiger partial charge in [0.25, 0.3) is 0 Å². The second-order valence-corrected chi connectivity index (χ2v) is 10.2. The summed E-state index contributed by atoms with van der Waals surface area (Å²) in [5.41, 5.74) is -1.58. The summed E-state index contributed by atoms with van der Waals surface area (Å²) in [5, 5.41) is 11.2. The molecule has 0 N–H and O–H groups in total. The van der Waals surface area contributed by atoms with Crippen LogP contribution in [0.15, 0.2) is 65.6 Å². The lowest BCUT2D eigenvalue weighted by molar-refractivity contribution is -0.383. The second-order valence-electron chi connectivity index (χ2n) is 7.17. The molecule has 35 heavy (non-hydrogen) atoms. The Balaban J connectivity index is 1.92. The van der Waals surface area contributed by atoms with Crippen LogP contribution < -0.4 is 10.0 Å². The third kappa shape index (κ3) is 6.95. The SMILES string of the molecule is CCc1cc([N+](=O)[O-])c([P+](=O)OC(C)Sc2ccccc2)cc1Oc1ccc(C(F)(F)F)cc1Cl. The predicted octanol–water partition coefficient (Wildman–Crippen LogP) is 8.14. The van der Waals surface area contributed by atoms with Crippen molar-refractivity contribution in [1.29, 1.82) is 0 Å². The molecule has 0 amide bonds. The number of ether oxygens (including phenoxy) is 1. The largest absolute Gasteiger partial charge is 0.557 e. The third-order valence-corrected chi connectivity index (χ3v) is 7.37. The Kier molecular flexibility index (Phi) is 8.77. The Hall–Kier alpha value is -2.65. The van der Waals surface area contributed by atoms with E-state index in [0.717, 1.165) is 23.1 Å². The van der Waals surface area contributed by atoms with Crippen LogP contribution in [0, 0.1) is 10.1 Å². The van der Waals surface area contributed by atoms with Crippen LogP contribution in [0.4, 0.5) is 18.9 Å². The molecule has 0 spiro atoms. The Morgan fingerprint density at radius 1 is 1.11 bits per heavy atom. The molecule has 0 aliphatic heterocycles. The molecule has 0 radical (unpaired) electrons.